The summed E-state index contributed by atoms with van der Waals surface area (Å²) in [5, 5.41) is 7.69. The standard InChI is InChI=1S/C19H15ClN4O/c20-18-16-11-14(8-9-15(16)19(25)23-22-18)24(17-7-4-10-21-17)12-13-5-2-1-3-6-13/h1-11,21H,12H2,(H,23,25). The van der Waals surface area contributed by atoms with Crippen molar-refractivity contribution in [3.63, 3.8) is 0 Å². The maximum atomic E-state index is 11.9. The fourth-order valence-corrected chi connectivity index (χ4v) is 3.06. The Balaban J connectivity index is 1.83. The smallest absolute Gasteiger partial charge is 0.272 e. The van der Waals surface area contributed by atoms with Gasteiger partial charge in [0.15, 0.2) is 5.15 Å². The van der Waals surface area contributed by atoms with Crippen LogP contribution in [0.3, 0.4) is 0 Å². The van der Waals surface area contributed by atoms with Gasteiger partial charge in [-0.3, -0.25) is 4.79 Å². The average Bonchev–Trinajstić information content (AvgIpc) is 3.18. The van der Waals surface area contributed by atoms with Gasteiger partial charge in [0, 0.05) is 23.8 Å². The van der Waals surface area contributed by atoms with Crippen molar-refractivity contribution >= 4 is 33.9 Å². The van der Waals surface area contributed by atoms with Gasteiger partial charge in [0.05, 0.1) is 5.39 Å². The van der Waals surface area contributed by atoms with Crippen LogP contribution in [0.5, 0.6) is 0 Å². The molecule has 4 rings (SSSR count). The molecule has 2 aromatic carbocycles. The number of hydrogen-bond donors (Lipinski definition) is 2. The number of fused-ring (bicyclic) bond motifs is 1. The van der Waals surface area contributed by atoms with Crippen LogP contribution >= 0.6 is 11.6 Å². The summed E-state index contributed by atoms with van der Waals surface area (Å²) in [6.45, 7) is 0.682. The number of halogens is 1. The lowest BCUT2D eigenvalue weighted by atomic mass is 10.1. The van der Waals surface area contributed by atoms with Gasteiger partial charge in [-0.05, 0) is 35.9 Å². The van der Waals surface area contributed by atoms with Crippen LogP contribution in [0.25, 0.3) is 10.8 Å². The Hall–Kier alpha value is -3.05. The van der Waals surface area contributed by atoms with Crippen LogP contribution in [-0.4, -0.2) is 15.2 Å². The molecule has 124 valence electrons. The van der Waals surface area contributed by atoms with Crippen LogP contribution in [0.15, 0.2) is 71.7 Å². The molecule has 0 aliphatic rings. The van der Waals surface area contributed by atoms with Gasteiger partial charge in [-0.25, -0.2) is 5.10 Å². The molecular weight excluding hydrogens is 336 g/mol. The number of benzene rings is 2. The third-order valence-electron chi connectivity index (χ3n) is 4.09. The molecule has 0 radical (unpaired) electrons. The highest BCUT2D eigenvalue weighted by atomic mass is 35.5. The second-order valence-corrected chi connectivity index (χ2v) is 6.06. The van der Waals surface area contributed by atoms with Gasteiger partial charge in [0.2, 0.25) is 0 Å². The van der Waals surface area contributed by atoms with E-state index in [0.717, 1.165) is 11.5 Å². The number of rotatable bonds is 4. The zero-order valence-corrected chi connectivity index (χ0v) is 14.0. The molecule has 0 amide bonds. The minimum Gasteiger partial charge on any atom is -0.348 e. The first kappa shape index (κ1) is 15.5. The van der Waals surface area contributed by atoms with Gasteiger partial charge in [-0.1, -0.05) is 41.9 Å². The summed E-state index contributed by atoms with van der Waals surface area (Å²) in [4.78, 5) is 17.3. The third kappa shape index (κ3) is 3.02. The number of aromatic amines is 2. The van der Waals surface area contributed by atoms with E-state index in [2.05, 4.69) is 32.2 Å². The number of aromatic nitrogens is 3. The molecule has 2 heterocycles. The lowest BCUT2D eigenvalue weighted by Gasteiger charge is -2.24. The van der Waals surface area contributed by atoms with Crippen molar-refractivity contribution in [1.29, 1.82) is 0 Å². The Morgan fingerprint density at radius 2 is 1.84 bits per heavy atom. The molecule has 2 N–H and O–H groups in total. The van der Waals surface area contributed by atoms with E-state index >= 15 is 0 Å². The van der Waals surface area contributed by atoms with Crippen LogP contribution in [0.2, 0.25) is 5.15 Å². The Kier molecular flexibility index (Phi) is 3.99. The number of nitrogens with zero attached hydrogens (tertiary/aromatic N) is 2. The van der Waals surface area contributed by atoms with Crippen molar-refractivity contribution in [1.82, 2.24) is 15.2 Å². The molecule has 4 aromatic rings. The lowest BCUT2D eigenvalue weighted by molar-refractivity contribution is 0.955. The molecule has 25 heavy (non-hydrogen) atoms. The molecular formula is C19H15ClN4O. The van der Waals surface area contributed by atoms with Crippen molar-refractivity contribution in [3.05, 3.63) is 87.9 Å². The van der Waals surface area contributed by atoms with Crippen LogP contribution in [-0.2, 0) is 6.54 Å². The van der Waals surface area contributed by atoms with Crippen molar-refractivity contribution in [3.8, 4) is 0 Å². The zero-order chi connectivity index (χ0) is 17.2. The molecule has 0 unspecified atom stereocenters. The summed E-state index contributed by atoms with van der Waals surface area (Å²) in [6.07, 6.45) is 1.88. The van der Waals surface area contributed by atoms with E-state index in [-0.39, 0.29) is 10.7 Å². The summed E-state index contributed by atoms with van der Waals surface area (Å²) in [5.74, 6) is 0.956. The molecule has 5 nitrogen and oxygen atoms in total. The van der Waals surface area contributed by atoms with Crippen molar-refractivity contribution in [2.24, 2.45) is 0 Å². The summed E-state index contributed by atoms with van der Waals surface area (Å²) >= 11 is 6.18. The second kappa shape index (κ2) is 6.45. The van der Waals surface area contributed by atoms with Gasteiger partial charge in [0.25, 0.3) is 5.56 Å². The minimum atomic E-state index is -0.250. The molecule has 2 aromatic heterocycles. The predicted octanol–water partition coefficient (Wildman–Crippen LogP) is 4.24. The van der Waals surface area contributed by atoms with Crippen molar-refractivity contribution < 1.29 is 0 Å². The van der Waals surface area contributed by atoms with Crippen LogP contribution in [0.1, 0.15) is 5.56 Å². The van der Waals surface area contributed by atoms with E-state index < -0.39 is 0 Å². The molecule has 6 heteroatoms. The Morgan fingerprint density at radius 3 is 2.60 bits per heavy atom. The Bertz CT molecular complexity index is 1060. The van der Waals surface area contributed by atoms with Crippen molar-refractivity contribution in [2.75, 3.05) is 4.90 Å². The van der Waals surface area contributed by atoms with Gasteiger partial charge < -0.3 is 9.88 Å². The van der Waals surface area contributed by atoms with Crippen LogP contribution in [0, 0.1) is 0 Å². The molecule has 0 aliphatic carbocycles. The van der Waals surface area contributed by atoms with Gasteiger partial charge in [-0.2, -0.15) is 5.10 Å². The monoisotopic (exact) mass is 350 g/mol. The first-order chi connectivity index (χ1) is 12.2. The summed E-state index contributed by atoms with van der Waals surface area (Å²) in [5.41, 5.74) is 1.85. The SMILES string of the molecule is O=c1[nH]nc(Cl)c2cc(N(Cc3ccccc3)c3ccc[nH]3)ccc12. The molecule has 0 saturated carbocycles. The van der Waals surface area contributed by atoms with Crippen LogP contribution < -0.4 is 10.5 Å². The van der Waals surface area contributed by atoms with Crippen molar-refractivity contribution in [2.45, 2.75) is 6.54 Å². The highest BCUT2D eigenvalue weighted by Gasteiger charge is 2.13. The van der Waals surface area contributed by atoms with E-state index in [9.17, 15) is 4.79 Å². The first-order valence-corrected chi connectivity index (χ1v) is 8.23. The summed E-state index contributed by atoms with van der Waals surface area (Å²) < 4.78 is 0. The Morgan fingerprint density at radius 1 is 1.00 bits per heavy atom. The Labute approximate surface area is 148 Å². The highest BCUT2D eigenvalue weighted by molar-refractivity contribution is 6.34. The zero-order valence-electron chi connectivity index (χ0n) is 13.2. The molecule has 0 spiro atoms. The third-order valence-corrected chi connectivity index (χ3v) is 4.38. The summed E-state index contributed by atoms with van der Waals surface area (Å²) in [6, 6.07) is 19.7. The first-order valence-electron chi connectivity index (χ1n) is 7.85. The topological polar surface area (TPSA) is 64.8 Å². The lowest BCUT2D eigenvalue weighted by Crippen LogP contribution is -2.17. The number of hydrogen-bond acceptors (Lipinski definition) is 3. The molecule has 0 bridgehead atoms. The van der Waals surface area contributed by atoms with E-state index in [1.54, 1.807) is 6.07 Å². The minimum absolute atomic E-state index is 0.250. The second-order valence-electron chi connectivity index (χ2n) is 5.70. The molecule has 0 aliphatic heterocycles. The number of H-pyrrole nitrogens is 2. The van der Waals surface area contributed by atoms with E-state index in [4.69, 9.17) is 11.6 Å². The largest absolute Gasteiger partial charge is 0.348 e. The number of anilines is 2. The molecule has 0 atom stereocenters. The number of nitrogens with one attached hydrogen (secondary N) is 2. The van der Waals surface area contributed by atoms with Gasteiger partial charge >= 0.3 is 0 Å². The van der Waals surface area contributed by atoms with E-state index in [1.165, 1.54) is 5.56 Å². The fraction of sp³-hybridized carbons (Fsp3) is 0.0526. The van der Waals surface area contributed by atoms with Crippen LogP contribution in [0.4, 0.5) is 11.5 Å². The summed E-state index contributed by atoms with van der Waals surface area (Å²) in [7, 11) is 0. The molecule has 0 fully saturated rings. The fourth-order valence-electron chi connectivity index (χ4n) is 2.86. The quantitative estimate of drug-likeness (QED) is 0.578. The maximum absolute atomic E-state index is 11.9. The average molecular weight is 351 g/mol. The van der Waals surface area contributed by atoms with E-state index in [1.807, 2.05) is 48.7 Å². The van der Waals surface area contributed by atoms with Gasteiger partial charge in [-0.15, -0.1) is 0 Å². The normalized spacial score (nSPS) is 10.9. The molecule has 0 saturated heterocycles. The predicted molar refractivity (Wildman–Crippen MR) is 100 cm³/mol. The van der Waals surface area contributed by atoms with E-state index in [0.29, 0.717) is 17.3 Å². The maximum Gasteiger partial charge on any atom is 0.272 e. The highest BCUT2D eigenvalue weighted by Crippen LogP contribution is 2.30. The van der Waals surface area contributed by atoms with Gasteiger partial charge in [0.1, 0.15) is 5.82 Å².